The molecule has 1 fully saturated rings. The second-order valence-electron chi connectivity index (χ2n) is 5.35. The van der Waals surface area contributed by atoms with Crippen molar-refractivity contribution in [3.8, 4) is 0 Å². The van der Waals surface area contributed by atoms with Gasteiger partial charge in [-0.3, -0.25) is 0 Å². The van der Waals surface area contributed by atoms with E-state index >= 15 is 0 Å². The van der Waals surface area contributed by atoms with Gasteiger partial charge in [-0.15, -0.1) is 0 Å². The van der Waals surface area contributed by atoms with E-state index in [1.165, 1.54) is 0 Å². The van der Waals surface area contributed by atoms with E-state index < -0.39 is 6.29 Å². The van der Waals surface area contributed by atoms with Crippen LogP contribution >= 0.6 is 0 Å². The summed E-state index contributed by atoms with van der Waals surface area (Å²) in [7, 11) is 0. The summed E-state index contributed by atoms with van der Waals surface area (Å²) in [6, 6.07) is 0. The van der Waals surface area contributed by atoms with Gasteiger partial charge in [0.1, 0.15) is 0 Å². The Kier molecular flexibility index (Phi) is 6.19. The fourth-order valence-corrected chi connectivity index (χ4v) is 2.70. The van der Waals surface area contributed by atoms with Crippen molar-refractivity contribution in [1.29, 1.82) is 0 Å². The normalized spacial score (nSPS) is 27.6. The Labute approximate surface area is 120 Å². The lowest BCUT2D eigenvalue weighted by Crippen LogP contribution is -2.37. The molecule has 0 saturated carbocycles. The molecule has 20 heavy (non-hydrogen) atoms. The average molecular weight is 282 g/mol. The maximum absolute atomic E-state index is 10.2. The predicted molar refractivity (Wildman–Crippen MR) is 78.3 cm³/mol. The molecule has 1 saturated heterocycles. The Bertz CT molecular complexity index is 368. The number of likely N-dealkylation sites (N-methyl/N-ethyl adjacent to an activating group) is 1. The highest BCUT2D eigenvalue weighted by Crippen LogP contribution is 2.32. The van der Waals surface area contributed by atoms with Crippen LogP contribution in [-0.2, 0) is 4.74 Å². The molecule has 0 bridgehead atoms. The van der Waals surface area contributed by atoms with E-state index in [2.05, 4.69) is 23.6 Å². The zero-order valence-electron chi connectivity index (χ0n) is 12.1. The van der Waals surface area contributed by atoms with Crippen LogP contribution in [0.25, 0.3) is 0 Å². The summed E-state index contributed by atoms with van der Waals surface area (Å²) in [4.78, 5) is 0. The van der Waals surface area contributed by atoms with Gasteiger partial charge in [-0.25, -0.2) is 0 Å². The summed E-state index contributed by atoms with van der Waals surface area (Å²) >= 11 is 0. The smallest absolute Gasteiger partial charge is 0.181 e. The first-order valence-corrected chi connectivity index (χ1v) is 7.52. The molecule has 0 aromatic carbocycles. The minimum Gasteiger partial charge on any atom is -0.391 e. The molecule has 1 aliphatic carbocycles. The molecule has 5 nitrogen and oxygen atoms in total. The van der Waals surface area contributed by atoms with E-state index in [0.29, 0.717) is 13.2 Å². The molecule has 3 unspecified atom stereocenters. The lowest BCUT2D eigenvalue weighted by Gasteiger charge is -2.31. The molecule has 4 N–H and O–H groups in total. The van der Waals surface area contributed by atoms with Gasteiger partial charge in [-0.05, 0) is 25.0 Å². The number of fused-ring (bicyclic) bond motifs is 1. The average Bonchev–Trinajstić information content (AvgIpc) is 2.47. The van der Waals surface area contributed by atoms with Crippen LogP contribution in [0.5, 0.6) is 0 Å². The van der Waals surface area contributed by atoms with Crippen LogP contribution in [0.3, 0.4) is 0 Å². The van der Waals surface area contributed by atoms with Gasteiger partial charge in [0.2, 0.25) is 0 Å². The fraction of sp³-hybridized carbons (Fsp3) is 0.733. The van der Waals surface area contributed by atoms with Crippen LogP contribution in [0, 0.1) is 5.92 Å². The third kappa shape index (κ3) is 4.14. The highest BCUT2D eigenvalue weighted by Gasteiger charge is 2.27. The molecule has 114 valence electrons. The van der Waals surface area contributed by atoms with Gasteiger partial charge in [-0.1, -0.05) is 19.1 Å². The molecule has 3 atom stereocenters. The molecule has 0 amide bonds. The zero-order valence-corrected chi connectivity index (χ0v) is 12.1. The third-order valence-electron chi connectivity index (χ3n) is 3.89. The Morgan fingerprint density at radius 2 is 2.20 bits per heavy atom. The summed E-state index contributed by atoms with van der Waals surface area (Å²) in [5.41, 5.74) is 2.02. The Morgan fingerprint density at radius 1 is 1.40 bits per heavy atom. The number of allylic oxidation sites excluding steroid dienone is 1. The van der Waals surface area contributed by atoms with Crippen LogP contribution in [0.4, 0.5) is 0 Å². The van der Waals surface area contributed by atoms with Gasteiger partial charge in [-0.2, -0.15) is 0 Å². The lowest BCUT2D eigenvalue weighted by molar-refractivity contribution is -0.0804. The van der Waals surface area contributed by atoms with Crippen molar-refractivity contribution in [3.63, 3.8) is 0 Å². The molecule has 0 aromatic heterocycles. The minimum atomic E-state index is -0.786. The van der Waals surface area contributed by atoms with Crippen molar-refractivity contribution in [3.05, 3.63) is 23.3 Å². The molecule has 0 spiro atoms. The Hall–Kier alpha value is -0.720. The van der Waals surface area contributed by atoms with Crippen LogP contribution in [0.2, 0.25) is 0 Å². The van der Waals surface area contributed by atoms with Crippen LogP contribution < -0.4 is 10.6 Å². The molecule has 5 heteroatoms. The first-order valence-electron chi connectivity index (χ1n) is 7.52. The highest BCUT2D eigenvalue weighted by atomic mass is 16.6. The van der Waals surface area contributed by atoms with Crippen molar-refractivity contribution >= 4 is 0 Å². The van der Waals surface area contributed by atoms with Crippen LogP contribution in [0.15, 0.2) is 23.3 Å². The summed E-state index contributed by atoms with van der Waals surface area (Å²) in [5.74, 6) is 0.130. The number of ether oxygens (including phenoxy) is 1. The van der Waals surface area contributed by atoms with Crippen LogP contribution in [-0.4, -0.2) is 55.4 Å². The number of nitrogens with one attached hydrogen (secondary N) is 2. The van der Waals surface area contributed by atoms with E-state index in [0.717, 1.165) is 43.6 Å². The SMILES string of the molecule is CCNCCNCC(O)C1C=C2CCOC(O)C2=CC1. The van der Waals surface area contributed by atoms with Crippen molar-refractivity contribution in [2.24, 2.45) is 5.92 Å². The largest absolute Gasteiger partial charge is 0.391 e. The maximum atomic E-state index is 10.2. The summed E-state index contributed by atoms with van der Waals surface area (Å²) in [5, 5.41) is 26.5. The standard InChI is InChI=1S/C15H26N2O3/c1-2-16-6-7-17-10-14(18)12-3-4-13-11(9-12)5-8-20-15(13)19/h4,9,12,14-19H,2-3,5-8,10H2,1H3. The molecule has 2 rings (SSSR count). The van der Waals surface area contributed by atoms with Crippen LogP contribution in [0.1, 0.15) is 19.8 Å². The Balaban J connectivity index is 1.78. The van der Waals surface area contributed by atoms with E-state index in [1.54, 1.807) is 0 Å². The molecule has 1 aliphatic heterocycles. The second-order valence-corrected chi connectivity index (χ2v) is 5.35. The highest BCUT2D eigenvalue weighted by molar-refractivity contribution is 5.38. The molecule has 1 heterocycles. The van der Waals surface area contributed by atoms with Gasteiger partial charge in [0.15, 0.2) is 6.29 Å². The van der Waals surface area contributed by atoms with Crippen molar-refractivity contribution in [2.45, 2.75) is 32.2 Å². The third-order valence-corrected chi connectivity index (χ3v) is 3.89. The maximum Gasteiger partial charge on any atom is 0.181 e. The second kappa shape index (κ2) is 7.90. The van der Waals surface area contributed by atoms with E-state index in [4.69, 9.17) is 4.74 Å². The fourth-order valence-electron chi connectivity index (χ4n) is 2.70. The Morgan fingerprint density at radius 3 is 3.00 bits per heavy atom. The van der Waals surface area contributed by atoms with E-state index in [1.807, 2.05) is 6.08 Å². The predicted octanol–water partition coefficient (Wildman–Crippen LogP) is 0.158. The summed E-state index contributed by atoms with van der Waals surface area (Å²) in [6.45, 7) is 5.98. The zero-order chi connectivity index (χ0) is 14.4. The number of aliphatic hydroxyl groups is 2. The van der Waals surface area contributed by atoms with Crippen molar-refractivity contribution < 1.29 is 14.9 Å². The number of hydrogen-bond donors (Lipinski definition) is 4. The van der Waals surface area contributed by atoms with Gasteiger partial charge >= 0.3 is 0 Å². The van der Waals surface area contributed by atoms with Gasteiger partial charge < -0.3 is 25.6 Å². The molecular formula is C15H26N2O3. The van der Waals surface area contributed by atoms with Gasteiger partial charge in [0.25, 0.3) is 0 Å². The topological polar surface area (TPSA) is 73.8 Å². The molecular weight excluding hydrogens is 256 g/mol. The lowest BCUT2D eigenvalue weighted by atomic mass is 9.84. The summed E-state index contributed by atoms with van der Waals surface area (Å²) < 4.78 is 5.21. The number of hydrogen-bond acceptors (Lipinski definition) is 5. The van der Waals surface area contributed by atoms with E-state index in [9.17, 15) is 10.2 Å². The molecule has 2 aliphatic rings. The quantitative estimate of drug-likeness (QED) is 0.501. The summed E-state index contributed by atoms with van der Waals surface area (Å²) in [6.07, 6.45) is 4.52. The van der Waals surface area contributed by atoms with Gasteiger partial charge in [0, 0.05) is 31.1 Å². The first-order chi connectivity index (χ1) is 9.72. The van der Waals surface area contributed by atoms with E-state index in [-0.39, 0.29) is 12.0 Å². The number of aliphatic hydroxyl groups excluding tert-OH is 2. The molecule has 0 radical (unpaired) electrons. The monoisotopic (exact) mass is 282 g/mol. The van der Waals surface area contributed by atoms with Crippen molar-refractivity contribution in [2.75, 3.05) is 32.8 Å². The minimum absolute atomic E-state index is 0.130. The number of rotatable bonds is 7. The van der Waals surface area contributed by atoms with Gasteiger partial charge in [0.05, 0.1) is 12.7 Å². The molecule has 0 aromatic rings. The first kappa shape index (κ1) is 15.7. The van der Waals surface area contributed by atoms with Crippen molar-refractivity contribution in [1.82, 2.24) is 10.6 Å².